The van der Waals surface area contributed by atoms with E-state index in [1.54, 1.807) is 12.1 Å². The van der Waals surface area contributed by atoms with Crippen LogP contribution in [-0.4, -0.2) is 16.8 Å². The Bertz CT molecular complexity index is 907. The van der Waals surface area contributed by atoms with Gasteiger partial charge in [0.2, 0.25) is 5.91 Å². The molecule has 0 fully saturated rings. The third kappa shape index (κ3) is 3.57. The highest BCUT2D eigenvalue weighted by atomic mass is 79.9. The van der Waals surface area contributed by atoms with Gasteiger partial charge < -0.3 is 10.6 Å². The lowest BCUT2D eigenvalue weighted by molar-refractivity contribution is -0.114. The molecule has 2 aromatic carbocycles. The lowest BCUT2D eigenvalue weighted by atomic mass is 10.2. The average Bonchev–Trinajstić information content (AvgIpc) is 2.88. The van der Waals surface area contributed by atoms with Crippen LogP contribution in [0.3, 0.4) is 0 Å². The van der Waals surface area contributed by atoms with E-state index >= 15 is 0 Å². The van der Waals surface area contributed by atoms with Crippen LogP contribution in [0, 0.1) is 0 Å². The molecule has 2 N–H and O–H groups in total. The summed E-state index contributed by atoms with van der Waals surface area (Å²) in [5.74, 6) is -0.352. The molecule has 5 nitrogen and oxygen atoms in total. The predicted molar refractivity (Wildman–Crippen MR) is 96.0 cm³/mol. The SMILES string of the molecule is CC(=O)Nc1nc2ccc(NC(=O)c3ccccc3Br)cc2s1. The summed E-state index contributed by atoms with van der Waals surface area (Å²) in [5, 5.41) is 6.07. The number of carbonyl (C=O) groups is 2. The second-order valence-corrected chi connectivity index (χ2v) is 6.70. The van der Waals surface area contributed by atoms with Gasteiger partial charge in [0.1, 0.15) is 0 Å². The molecule has 2 amide bonds. The summed E-state index contributed by atoms with van der Waals surface area (Å²) in [4.78, 5) is 27.7. The van der Waals surface area contributed by atoms with E-state index in [2.05, 4.69) is 31.5 Å². The van der Waals surface area contributed by atoms with Crippen molar-refractivity contribution >= 4 is 60.1 Å². The van der Waals surface area contributed by atoms with Gasteiger partial charge in [-0.25, -0.2) is 4.98 Å². The quantitative estimate of drug-likeness (QED) is 0.702. The van der Waals surface area contributed by atoms with Crippen molar-refractivity contribution in [3.05, 3.63) is 52.5 Å². The van der Waals surface area contributed by atoms with E-state index in [9.17, 15) is 9.59 Å². The van der Waals surface area contributed by atoms with Gasteiger partial charge in [-0.15, -0.1) is 0 Å². The molecule has 0 saturated heterocycles. The summed E-state index contributed by atoms with van der Waals surface area (Å²) in [6.07, 6.45) is 0. The number of nitrogens with one attached hydrogen (secondary N) is 2. The van der Waals surface area contributed by atoms with Crippen LogP contribution in [0.15, 0.2) is 46.9 Å². The molecule has 7 heteroatoms. The molecule has 0 unspecified atom stereocenters. The molecule has 0 atom stereocenters. The van der Waals surface area contributed by atoms with E-state index in [1.807, 2.05) is 30.3 Å². The van der Waals surface area contributed by atoms with Gasteiger partial charge in [-0.2, -0.15) is 0 Å². The number of hydrogen-bond donors (Lipinski definition) is 2. The number of amides is 2. The van der Waals surface area contributed by atoms with Gasteiger partial charge in [-0.05, 0) is 46.3 Å². The highest BCUT2D eigenvalue weighted by molar-refractivity contribution is 9.10. The van der Waals surface area contributed by atoms with Crippen molar-refractivity contribution in [1.82, 2.24) is 4.98 Å². The van der Waals surface area contributed by atoms with Crippen LogP contribution in [0.1, 0.15) is 17.3 Å². The summed E-state index contributed by atoms with van der Waals surface area (Å²) in [7, 11) is 0. The van der Waals surface area contributed by atoms with Crippen LogP contribution in [0.5, 0.6) is 0 Å². The van der Waals surface area contributed by atoms with E-state index in [0.29, 0.717) is 16.4 Å². The highest BCUT2D eigenvalue weighted by Gasteiger charge is 2.11. The molecule has 0 saturated carbocycles. The van der Waals surface area contributed by atoms with Crippen molar-refractivity contribution in [1.29, 1.82) is 0 Å². The first-order chi connectivity index (χ1) is 11.0. The zero-order chi connectivity index (χ0) is 16.4. The lowest BCUT2D eigenvalue weighted by Crippen LogP contribution is -2.12. The van der Waals surface area contributed by atoms with E-state index < -0.39 is 0 Å². The maximum atomic E-state index is 12.3. The summed E-state index contributed by atoms with van der Waals surface area (Å²) in [6.45, 7) is 1.44. The molecule has 0 bridgehead atoms. The number of thiazole rings is 1. The first-order valence-corrected chi connectivity index (χ1v) is 8.38. The Morgan fingerprint density at radius 1 is 1.13 bits per heavy atom. The van der Waals surface area contributed by atoms with Crippen molar-refractivity contribution in [3.63, 3.8) is 0 Å². The molecule has 0 aliphatic heterocycles. The molecular weight excluding hydrogens is 378 g/mol. The molecule has 23 heavy (non-hydrogen) atoms. The average molecular weight is 390 g/mol. The number of carbonyl (C=O) groups excluding carboxylic acids is 2. The molecule has 1 heterocycles. The van der Waals surface area contributed by atoms with E-state index in [-0.39, 0.29) is 11.8 Å². The molecule has 0 aliphatic carbocycles. The third-order valence-electron chi connectivity index (χ3n) is 3.05. The molecule has 116 valence electrons. The van der Waals surface area contributed by atoms with Crippen LogP contribution in [0.4, 0.5) is 10.8 Å². The largest absolute Gasteiger partial charge is 0.322 e. The second-order valence-electron chi connectivity index (χ2n) is 4.82. The molecule has 0 aliphatic rings. The lowest BCUT2D eigenvalue weighted by Gasteiger charge is -2.06. The van der Waals surface area contributed by atoms with Crippen molar-refractivity contribution < 1.29 is 9.59 Å². The molecular formula is C16H12BrN3O2S. The Kier molecular flexibility index (Phi) is 4.40. The zero-order valence-corrected chi connectivity index (χ0v) is 14.5. The summed E-state index contributed by atoms with van der Waals surface area (Å²) < 4.78 is 1.63. The number of nitrogens with zero attached hydrogens (tertiary/aromatic N) is 1. The second kappa shape index (κ2) is 6.47. The summed E-state index contributed by atoms with van der Waals surface area (Å²) in [6, 6.07) is 12.7. The molecule has 3 rings (SSSR count). The first-order valence-electron chi connectivity index (χ1n) is 6.77. The molecule has 0 radical (unpaired) electrons. The summed E-state index contributed by atoms with van der Waals surface area (Å²) >= 11 is 4.73. The van der Waals surface area contributed by atoms with Crippen molar-refractivity contribution in [3.8, 4) is 0 Å². The standard InChI is InChI=1S/C16H12BrN3O2S/c1-9(21)18-16-20-13-7-6-10(8-14(13)23-16)19-15(22)11-4-2-3-5-12(11)17/h2-8H,1H3,(H,19,22)(H,18,20,21). The van der Waals surface area contributed by atoms with Gasteiger partial charge in [-0.1, -0.05) is 23.5 Å². The van der Waals surface area contributed by atoms with Crippen molar-refractivity contribution in [2.75, 3.05) is 10.6 Å². The predicted octanol–water partition coefficient (Wildman–Crippen LogP) is 4.27. The number of anilines is 2. The van der Waals surface area contributed by atoms with E-state index in [4.69, 9.17) is 0 Å². The van der Waals surface area contributed by atoms with Crippen LogP contribution in [0.25, 0.3) is 10.2 Å². The molecule has 0 spiro atoms. The van der Waals surface area contributed by atoms with Gasteiger partial charge in [-0.3, -0.25) is 9.59 Å². The zero-order valence-electron chi connectivity index (χ0n) is 12.1. The minimum Gasteiger partial charge on any atom is -0.322 e. The topological polar surface area (TPSA) is 71.1 Å². The number of benzene rings is 2. The minimum absolute atomic E-state index is 0.161. The van der Waals surface area contributed by atoms with Gasteiger partial charge in [0.25, 0.3) is 5.91 Å². The Hall–Kier alpha value is -2.25. The smallest absolute Gasteiger partial charge is 0.256 e. The van der Waals surface area contributed by atoms with Crippen LogP contribution in [0.2, 0.25) is 0 Å². The number of aromatic nitrogens is 1. The van der Waals surface area contributed by atoms with Gasteiger partial charge in [0, 0.05) is 17.1 Å². The number of rotatable bonds is 3. The fourth-order valence-electron chi connectivity index (χ4n) is 2.05. The van der Waals surface area contributed by atoms with Crippen LogP contribution < -0.4 is 10.6 Å². The van der Waals surface area contributed by atoms with Crippen LogP contribution >= 0.6 is 27.3 Å². The van der Waals surface area contributed by atoms with Gasteiger partial charge >= 0.3 is 0 Å². The maximum Gasteiger partial charge on any atom is 0.256 e. The van der Waals surface area contributed by atoms with E-state index in [0.717, 1.165) is 14.7 Å². The molecule has 1 aromatic heterocycles. The third-order valence-corrected chi connectivity index (χ3v) is 4.67. The monoisotopic (exact) mass is 389 g/mol. The fourth-order valence-corrected chi connectivity index (χ4v) is 3.47. The minimum atomic E-state index is -0.191. The first kappa shape index (κ1) is 15.6. The normalized spacial score (nSPS) is 10.5. The van der Waals surface area contributed by atoms with E-state index in [1.165, 1.54) is 18.3 Å². The number of halogens is 1. The Morgan fingerprint density at radius 2 is 1.91 bits per heavy atom. The maximum absolute atomic E-state index is 12.3. The van der Waals surface area contributed by atoms with Crippen molar-refractivity contribution in [2.24, 2.45) is 0 Å². The fraction of sp³-hybridized carbons (Fsp3) is 0.0625. The number of fused-ring (bicyclic) bond motifs is 1. The Morgan fingerprint density at radius 3 is 2.65 bits per heavy atom. The van der Waals surface area contributed by atoms with Crippen molar-refractivity contribution in [2.45, 2.75) is 6.92 Å². The number of hydrogen-bond acceptors (Lipinski definition) is 4. The summed E-state index contributed by atoms with van der Waals surface area (Å²) in [5.41, 5.74) is 2.02. The molecule has 3 aromatic rings. The Balaban J connectivity index is 1.84. The van der Waals surface area contributed by atoms with Gasteiger partial charge in [0.15, 0.2) is 5.13 Å². The van der Waals surface area contributed by atoms with Gasteiger partial charge in [0.05, 0.1) is 15.8 Å². The highest BCUT2D eigenvalue weighted by Crippen LogP contribution is 2.28. The Labute approximate surface area is 144 Å². The van der Waals surface area contributed by atoms with Crippen LogP contribution in [-0.2, 0) is 4.79 Å².